The van der Waals surface area contributed by atoms with Crippen molar-refractivity contribution < 1.29 is 15.0 Å². The molecule has 108 valence electrons. The van der Waals surface area contributed by atoms with E-state index in [1.54, 1.807) is 0 Å². The van der Waals surface area contributed by atoms with Gasteiger partial charge in [-0.1, -0.05) is 48.2 Å². The number of hydrogen-bond acceptors (Lipinski definition) is 2. The fourth-order valence-corrected chi connectivity index (χ4v) is 1.65. The zero-order valence-corrected chi connectivity index (χ0v) is 11.7. The minimum absolute atomic E-state index is 0.0886. The maximum Gasteiger partial charge on any atom is 0.304 e. The quantitative estimate of drug-likeness (QED) is 0.621. The van der Waals surface area contributed by atoms with Crippen molar-refractivity contribution >= 4 is 5.97 Å². The van der Waals surface area contributed by atoms with Crippen LogP contribution in [0.5, 0.6) is 0 Å². The van der Waals surface area contributed by atoms with Crippen LogP contribution in [0, 0.1) is 29.6 Å². The first-order chi connectivity index (χ1) is 10.1. The minimum Gasteiger partial charge on any atom is -0.481 e. The molecular formula is C18H18O3. The first kappa shape index (κ1) is 16.6. The normalized spacial score (nSPS) is 12.0. The number of rotatable bonds is 6. The Bertz CT molecular complexity index is 582. The molecule has 2 N–H and O–H groups in total. The Labute approximate surface area is 125 Å². The lowest BCUT2D eigenvalue weighted by atomic mass is 10.1. The van der Waals surface area contributed by atoms with Crippen molar-refractivity contribution in [3.05, 3.63) is 48.6 Å². The fraction of sp³-hybridized carbons (Fsp3) is 0.278. The largest absolute Gasteiger partial charge is 0.481 e. The summed E-state index contributed by atoms with van der Waals surface area (Å²) in [7, 11) is 0. The number of benzene rings is 1. The topological polar surface area (TPSA) is 57.5 Å². The van der Waals surface area contributed by atoms with Crippen molar-refractivity contribution in [1.82, 2.24) is 0 Å². The van der Waals surface area contributed by atoms with E-state index in [0.29, 0.717) is 6.42 Å². The zero-order chi connectivity index (χ0) is 15.5. The van der Waals surface area contributed by atoms with E-state index < -0.39 is 18.0 Å². The van der Waals surface area contributed by atoms with Crippen LogP contribution in [-0.4, -0.2) is 22.3 Å². The molecule has 0 saturated carbocycles. The van der Waals surface area contributed by atoms with E-state index in [1.165, 1.54) is 6.08 Å². The van der Waals surface area contributed by atoms with Gasteiger partial charge in [-0.3, -0.25) is 4.79 Å². The first-order valence-corrected chi connectivity index (χ1v) is 6.69. The molecule has 0 bridgehead atoms. The van der Waals surface area contributed by atoms with Crippen LogP contribution in [0.4, 0.5) is 0 Å². The van der Waals surface area contributed by atoms with Crippen molar-refractivity contribution in [2.24, 2.45) is 5.92 Å². The van der Waals surface area contributed by atoms with Gasteiger partial charge in [0.05, 0.1) is 6.42 Å². The molecule has 1 rings (SSSR count). The highest BCUT2D eigenvalue weighted by molar-refractivity contribution is 5.68. The van der Waals surface area contributed by atoms with Gasteiger partial charge in [-0.2, -0.15) is 0 Å². The molecule has 0 aliphatic heterocycles. The Morgan fingerprint density at radius 1 is 1.24 bits per heavy atom. The maximum atomic E-state index is 10.5. The van der Waals surface area contributed by atoms with Crippen LogP contribution < -0.4 is 0 Å². The molecular weight excluding hydrogens is 264 g/mol. The molecule has 0 saturated heterocycles. The standard InChI is InChI=1S/C18H18O3/c1-2-15(14-18(20)21)8-6-7-11-17(19)13-12-16-9-4-3-5-10-16/h2-5,9-10,15,17,19H,1,12-14H2,(H,20,21). The van der Waals surface area contributed by atoms with Crippen LogP contribution >= 0.6 is 0 Å². The number of aliphatic carboxylic acids is 1. The van der Waals surface area contributed by atoms with Gasteiger partial charge in [0.1, 0.15) is 6.10 Å². The maximum absolute atomic E-state index is 10.5. The van der Waals surface area contributed by atoms with E-state index in [-0.39, 0.29) is 6.42 Å². The summed E-state index contributed by atoms with van der Waals surface area (Å²) < 4.78 is 0. The second kappa shape index (κ2) is 9.42. The van der Waals surface area contributed by atoms with Gasteiger partial charge in [0.25, 0.3) is 0 Å². The summed E-state index contributed by atoms with van der Waals surface area (Å²) in [5.74, 6) is 9.11. The number of hydrogen-bond donors (Lipinski definition) is 2. The molecule has 0 aliphatic carbocycles. The van der Waals surface area contributed by atoms with E-state index in [0.717, 1.165) is 12.0 Å². The van der Waals surface area contributed by atoms with Crippen LogP contribution in [0.1, 0.15) is 18.4 Å². The van der Waals surface area contributed by atoms with E-state index in [9.17, 15) is 9.90 Å². The zero-order valence-electron chi connectivity index (χ0n) is 11.7. The van der Waals surface area contributed by atoms with Gasteiger partial charge in [0.2, 0.25) is 0 Å². The van der Waals surface area contributed by atoms with Gasteiger partial charge in [0.15, 0.2) is 0 Å². The van der Waals surface area contributed by atoms with Gasteiger partial charge in [-0.15, -0.1) is 6.58 Å². The molecule has 0 amide bonds. The van der Waals surface area contributed by atoms with Crippen molar-refractivity contribution in [2.45, 2.75) is 25.4 Å². The first-order valence-electron chi connectivity index (χ1n) is 6.69. The molecule has 2 atom stereocenters. The van der Waals surface area contributed by atoms with Gasteiger partial charge >= 0.3 is 5.97 Å². The number of carboxylic acids is 1. The Balaban J connectivity index is 2.43. The predicted octanol–water partition coefficient (Wildman–Crippen LogP) is 2.26. The summed E-state index contributed by atoms with van der Waals surface area (Å²) in [6, 6.07) is 9.86. The van der Waals surface area contributed by atoms with Crippen molar-refractivity contribution in [1.29, 1.82) is 0 Å². The van der Waals surface area contributed by atoms with Crippen LogP contribution in [0.15, 0.2) is 43.0 Å². The highest BCUT2D eigenvalue weighted by Crippen LogP contribution is 2.04. The smallest absolute Gasteiger partial charge is 0.304 e. The summed E-state index contributed by atoms with van der Waals surface area (Å²) in [4.78, 5) is 10.5. The SMILES string of the molecule is C=CC(C#CC#CC(O)CCc1ccccc1)CC(=O)O. The summed E-state index contributed by atoms with van der Waals surface area (Å²) in [5.41, 5.74) is 1.15. The molecule has 2 unspecified atom stereocenters. The Morgan fingerprint density at radius 3 is 2.52 bits per heavy atom. The van der Waals surface area contributed by atoms with Gasteiger partial charge in [0, 0.05) is 5.92 Å². The van der Waals surface area contributed by atoms with Crippen LogP contribution in [0.2, 0.25) is 0 Å². The van der Waals surface area contributed by atoms with E-state index in [2.05, 4.69) is 30.3 Å². The number of allylic oxidation sites excluding steroid dienone is 1. The highest BCUT2D eigenvalue weighted by atomic mass is 16.4. The van der Waals surface area contributed by atoms with Crippen molar-refractivity contribution in [3.63, 3.8) is 0 Å². The Morgan fingerprint density at radius 2 is 1.90 bits per heavy atom. The molecule has 0 aliphatic rings. The summed E-state index contributed by atoms with van der Waals surface area (Å²) in [6.07, 6.45) is 1.95. The molecule has 1 aromatic rings. The van der Waals surface area contributed by atoms with Crippen molar-refractivity contribution in [2.75, 3.05) is 0 Å². The molecule has 0 aromatic heterocycles. The molecule has 1 aromatic carbocycles. The molecule has 3 nitrogen and oxygen atoms in total. The molecule has 3 heteroatoms. The Hall–Kier alpha value is -2.49. The highest BCUT2D eigenvalue weighted by Gasteiger charge is 2.05. The lowest BCUT2D eigenvalue weighted by molar-refractivity contribution is -0.137. The minimum atomic E-state index is -0.926. The van der Waals surface area contributed by atoms with Crippen LogP contribution in [-0.2, 0) is 11.2 Å². The Kier molecular flexibility index (Phi) is 7.43. The fourth-order valence-electron chi connectivity index (χ4n) is 1.65. The molecule has 0 fully saturated rings. The molecule has 0 spiro atoms. The third-order valence-corrected chi connectivity index (χ3v) is 2.79. The number of aryl methyl sites for hydroxylation is 1. The second-order valence-corrected chi connectivity index (χ2v) is 4.52. The summed E-state index contributed by atoms with van der Waals surface area (Å²) in [6.45, 7) is 3.53. The van der Waals surface area contributed by atoms with Crippen LogP contribution in [0.25, 0.3) is 0 Å². The van der Waals surface area contributed by atoms with E-state index in [4.69, 9.17) is 5.11 Å². The number of carboxylic acid groups (broad SMARTS) is 1. The average molecular weight is 282 g/mol. The van der Waals surface area contributed by atoms with Gasteiger partial charge in [-0.05, 0) is 30.2 Å². The monoisotopic (exact) mass is 282 g/mol. The third kappa shape index (κ3) is 7.62. The van der Waals surface area contributed by atoms with Gasteiger partial charge in [-0.25, -0.2) is 0 Å². The third-order valence-electron chi connectivity index (χ3n) is 2.79. The lowest BCUT2D eigenvalue weighted by Gasteiger charge is -2.02. The number of aliphatic hydroxyl groups is 1. The van der Waals surface area contributed by atoms with E-state index in [1.807, 2.05) is 30.3 Å². The summed E-state index contributed by atoms with van der Waals surface area (Å²) >= 11 is 0. The lowest BCUT2D eigenvalue weighted by Crippen LogP contribution is -2.04. The van der Waals surface area contributed by atoms with Crippen LogP contribution in [0.3, 0.4) is 0 Å². The second-order valence-electron chi connectivity index (χ2n) is 4.52. The average Bonchev–Trinajstić information content (AvgIpc) is 2.49. The van der Waals surface area contributed by atoms with Crippen molar-refractivity contribution in [3.8, 4) is 23.7 Å². The van der Waals surface area contributed by atoms with Gasteiger partial charge < -0.3 is 10.2 Å². The molecule has 0 heterocycles. The molecule has 21 heavy (non-hydrogen) atoms. The summed E-state index contributed by atoms with van der Waals surface area (Å²) in [5, 5.41) is 18.4. The molecule has 0 radical (unpaired) electrons. The van der Waals surface area contributed by atoms with E-state index >= 15 is 0 Å². The number of carbonyl (C=O) groups is 1. The number of aliphatic hydroxyl groups excluding tert-OH is 1. The predicted molar refractivity (Wildman–Crippen MR) is 82.3 cm³/mol.